The second-order valence-corrected chi connectivity index (χ2v) is 6.72. The molecule has 1 aliphatic heterocycles. The highest BCUT2D eigenvalue weighted by atomic mass is 16.5. The molecule has 2 atom stereocenters. The fourth-order valence-electron chi connectivity index (χ4n) is 3.41. The molecule has 6 nitrogen and oxygen atoms in total. The number of morpholine rings is 1. The van der Waals surface area contributed by atoms with Crippen molar-refractivity contribution in [2.75, 3.05) is 18.0 Å². The maximum absolute atomic E-state index is 11.2. The minimum Gasteiger partial charge on any atom is -0.478 e. The maximum atomic E-state index is 11.2. The Bertz CT molecular complexity index is 955. The van der Waals surface area contributed by atoms with E-state index in [9.17, 15) is 4.79 Å². The Morgan fingerprint density at radius 3 is 2.65 bits per heavy atom. The van der Waals surface area contributed by atoms with Crippen LogP contribution < -0.4 is 4.90 Å². The Morgan fingerprint density at radius 1 is 1.15 bits per heavy atom. The van der Waals surface area contributed by atoms with E-state index in [2.05, 4.69) is 23.7 Å². The molecule has 134 valence electrons. The van der Waals surface area contributed by atoms with Crippen LogP contribution in [0.15, 0.2) is 46.9 Å². The van der Waals surface area contributed by atoms with Gasteiger partial charge < -0.3 is 19.2 Å². The number of carboxylic acids is 1. The number of ether oxygens (including phenoxy) is 1. The van der Waals surface area contributed by atoms with Gasteiger partial charge in [0.05, 0.1) is 17.8 Å². The van der Waals surface area contributed by atoms with E-state index >= 15 is 0 Å². The van der Waals surface area contributed by atoms with E-state index in [0.29, 0.717) is 17.0 Å². The first-order valence-electron chi connectivity index (χ1n) is 8.64. The van der Waals surface area contributed by atoms with Crippen molar-refractivity contribution >= 4 is 22.8 Å². The van der Waals surface area contributed by atoms with Crippen LogP contribution in [0.5, 0.6) is 0 Å². The first kappa shape index (κ1) is 16.6. The number of fused-ring (bicyclic) bond motifs is 1. The molecule has 6 heteroatoms. The summed E-state index contributed by atoms with van der Waals surface area (Å²) < 4.78 is 11.7. The van der Waals surface area contributed by atoms with Crippen LogP contribution in [-0.2, 0) is 4.74 Å². The van der Waals surface area contributed by atoms with Crippen molar-refractivity contribution in [1.29, 1.82) is 0 Å². The van der Waals surface area contributed by atoms with Crippen molar-refractivity contribution in [3.8, 4) is 11.5 Å². The molecule has 2 aromatic carbocycles. The summed E-state index contributed by atoms with van der Waals surface area (Å²) in [6, 6.07) is 12.6. The summed E-state index contributed by atoms with van der Waals surface area (Å²) >= 11 is 0. The molecule has 1 aromatic heterocycles. The summed E-state index contributed by atoms with van der Waals surface area (Å²) in [4.78, 5) is 17.9. The van der Waals surface area contributed by atoms with Crippen LogP contribution in [0.4, 0.5) is 5.69 Å². The van der Waals surface area contributed by atoms with E-state index in [1.165, 1.54) is 0 Å². The number of hydrogen-bond acceptors (Lipinski definition) is 5. The lowest BCUT2D eigenvalue weighted by Crippen LogP contribution is -2.45. The molecule has 1 aliphatic rings. The highest BCUT2D eigenvalue weighted by Crippen LogP contribution is 2.29. The van der Waals surface area contributed by atoms with Crippen LogP contribution in [0, 0.1) is 0 Å². The van der Waals surface area contributed by atoms with Crippen LogP contribution in [0.2, 0.25) is 0 Å². The lowest BCUT2D eigenvalue weighted by Gasteiger charge is -2.36. The van der Waals surface area contributed by atoms with Gasteiger partial charge in [-0.1, -0.05) is 6.07 Å². The number of nitrogens with zero attached hydrogens (tertiary/aromatic N) is 2. The minimum atomic E-state index is -0.971. The fraction of sp³-hybridized carbons (Fsp3) is 0.300. The number of hydrogen-bond donors (Lipinski definition) is 1. The zero-order valence-corrected chi connectivity index (χ0v) is 14.7. The number of carboxylic acid groups (broad SMARTS) is 1. The molecule has 2 heterocycles. The Balaban J connectivity index is 1.68. The average Bonchev–Trinajstić information content (AvgIpc) is 3.04. The van der Waals surface area contributed by atoms with Gasteiger partial charge >= 0.3 is 5.97 Å². The SMILES string of the molecule is CC1CN(c2ccc3nc(-c4cccc(C(=O)O)c4)oc3c2)CC(C)O1. The van der Waals surface area contributed by atoms with Crippen molar-refractivity contribution in [3.63, 3.8) is 0 Å². The largest absolute Gasteiger partial charge is 0.478 e. The quantitative estimate of drug-likeness (QED) is 0.772. The van der Waals surface area contributed by atoms with Gasteiger partial charge in [0.25, 0.3) is 0 Å². The van der Waals surface area contributed by atoms with Crippen molar-refractivity contribution in [3.05, 3.63) is 48.0 Å². The second-order valence-electron chi connectivity index (χ2n) is 6.72. The van der Waals surface area contributed by atoms with Crippen molar-refractivity contribution in [2.45, 2.75) is 26.1 Å². The molecule has 3 aromatic rings. The Morgan fingerprint density at radius 2 is 1.92 bits per heavy atom. The lowest BCUT2D eigenvalue weighted by molar-refractivity contribution is -0.00521. The molecule has 0 aliphatic carbocycles. The van der Waals surface area contributed by atoms with Crippen molar-refractivity contribution in [2.24, 2.45) is 0 Å². The maximum Gasteiger partial charge on any atom is 0.335 e. The lowest BCUT2D eigenvalue weighted by atomic mass is 10.1. The van der Waals surface area contributed by atoms with E-state index < -0.39 is 5.97 Å². The molecule has 0 radical (unpaired) electrons. The number of anilines is 1. The molecule has 26 heavy (non-hydrogen) atoms. The van der Waals surface area contributed by atoms with Crippen LogP contribution in [-0.4, -0.2) is 41.4 Å². The summed E-state index contributed by atoms with van der Waals surface area (Å²) in [5, 5.41) is 9.15. The number of oxazole rings is 1. The van der Waals surface area contributed by atoms with E-state index in [0.717, 1.165) is 24.3 Å². The third kappa shape index (κ3) is 3.15. The van der Waals surface area contributed by atoms with Gasteiger partial charge in [-0.15, -0.1) is 0 Å². The number of aromatic carboxylic acids is 1. The zero-order valence-electron chi connectivity index (χ0n) is 14.7. The van der Waals surface area contributed by atoms with Gasteiger partial charge in [0.15, 0.2) is 5.58 Å². The molecule has 1 N–H and O–H groups in total. The van der Waals surface area contributed by atoms with Gasteiger partial charge in [-0.2, -0.15) is 0 Å². The van der Waals surface area contributed by atoms with E-state index in [4.69, 9.17) is 14.3 Å². The molecule has 1 fully saturated rings. The van der Waals surface area contributed by atoms with Gasteiger partial charge in [-0.3, -0.25) is 0 Å². The Labute approximate surface area is 151 Å². The molecule has 0 saturated carbocycles. The molecule has 4 rings (SSSR count). The van der Waals surface area contributed by atoms with E-state index in [-0.39, 0.29) is 17.8 Å². The van der Waals surface area contributed by atoms with Crippen LogP contribution in [0.3, 0.4) is 0 Å². The van der Waals surface area contributed by atoms with Crippen molar-refractivity contribution < 1.29 is 19.1 Å². The summed E-state index contributed by atoms with van der Waals surface area (Å²) in [6.07, 6.45) is 0.358. The molecule has 0 amide bonds. The summed E-state index contributed by atoms with van der Waals surface area (Å²) in [5.74, 6) is -0.551. The van der Waals surface area contributed by atoms with Gasteiger partial charge in [-0.25, -0.2) is 9.78 Å². The predicted molar refractivity (Wildman–Crippen MR) is 98.6 cm³/mol. The smallest absolute Gasteiger partial charge is 0.335 e. The Hall–Kier alpha value is -2.86. The molecule has 0 spiro atoms. The van der Waals surface area contributed by atoms with Crippen LogP contribution in [0.1, 0.15) is 24.2 Å². The highest BCUT2D eigenvalue weighted by molar-refractivity contribution is 5.89. The molecule has 1 saturated heterocycles. The van der Waals surface area contributed by atoms with Gasteiger partial charge in [-0.05, 0) is 44.2 Å². The van der Waals surface area contributed by atoms with E-state index in [1.54, 1.807) is 24.3 Å². The summed E-state index contributed by atoms with van der Waals surface area (Å²) in [6.45, 7) is 5.81. The monoisotopic (exact) mass is 352 g/mol. The first-order valence-corrected chi connectivity index (χ1v) is 8.64. The van der Waals surface area contributed by atoms with Crippen molar-refractivity contribution in [1.82, 2.24) is 4.98 Å². The average molecular weight is 352 g/mol. The molecule has 0 bridgehead atoms. The normalized spacial score (nSPS) is 20.5. The Kier molecular flexibility index (Phi) is 4.12. The zero-order chi connectivity index (χ0) is 18.3. The van der Waals surface area contributed by atoms with Crippen LogP contribution in [0.25, 0.3) is 22.6 Å². The topological polar surface area (TPSA) is 75.8 Å². The van der Waals surface area contributed by atoms with Gasteiger partial charge in [0.1, 0.15) is 5.52 Å². The standard InChI is InChI=1S/C20H20N2O4/c1-12-10-22(11-13(2)25-12)16-6-7-17-18(9-16)26-19(21-17)14-4-3-5-15(8-14)20(23)24/h3-9,12-13H,10-11H2,1-2H3,(H,23,24). The number of carbonyl (C=O) groups is 1. The number of rotatable bonds is 3. The predicted octanol–water partition coefficient (Wildman–Crippen LogP) is 3.81. The van der Waals surface area contributed by atoms with E-state index in [1.807, 2.05) is 18.2 Å². The molecular weight excluding hydrogens is 332 g/mol. The van der Waals surface area contributed by atoms with Gasteiger partial charge in [0.2, 0.25) is 5.89 Å². The molecular formula is C20H20N2O4. The number of aromatic nitrogens is 1. The second kappa shape index (κ2) is 6.46. The fourth-order valence-corrected chi connectivity index (χ4v) is 3.41. The molecule has 2 unspecified atom stereocenters. The third-order valence-electron chi connectivity index (χ3n) is 4.51. The summed E-state index contributed by atoms with van der Waals surface area (Å²) in [5.41, 5.74) is 3.36. The number of benzene rings is 2. The minimum absolute atomic E-state index is 0.179. The van der Waals surface area contributed by atoms with Gasteiger partial charge in [0, 0.05) is 30.4 Å². The highest BCUT2D eigenvalue weighted by Gasteiger charge is 2.23. The third-order valence-corrected chi connectivity index (χ3v) is 4.51. The summed E-state index contributed by atoms with van der Waals surface area (Å²) in [7, 11) is 0. The first-order chi connectivity index (χ1) is 12.5. The van der Waals surface area contributed by atoms with Crippen LogP contribution >= 0.6 is 0 Å².